The van der Waals surface area contributed by atoms with E-state index >= 15 is 0 Å². The fourth-order valence-corrected chi connectivity index (χ4v) is 4.08. The SMILES string of the molecule is CCN=C(NC1CCN(CCOC(C)C)CC1)NC1CC1c1ccccc1C.I. The maximum Gasteiger partial charge on any atom is 0.191 e. The van der Waals surface area contributed by atoms with Crippen LogP contribution < -0.4 is 10.6 Å². The van der Waals surface area contributed by atoms with Crippen molar-refractivity contribution in [3.63, 3.8) is 0 Å². The molecule has 0 bridgehead atoms. The molecule has 1 aromatic rings. The second-order valence-corrected chi connectivity index (χ2v) is 8.45. The topological polar surface area (TPSA) is 48.9 Å². The van der Waals surface area contributed by atoms with Crippen LogP contribution in [-0.4, -0.2) is 61.8 Å². The van der Waals surface area contributed by atoms with E-state index in [1.807, 2.05) is 0 Å². The van der Waals surface area contributed by atoms with Gasteiger partial charge < -0.3 is 20.3 Å². The molecule has 0 radical (unpaired) electrons. The summed E-state index contributed by atoms with van der Waals surface area (Å²) in [4.78, 5) is 7.21. The van der Waals surface area contributed by atoms with Crippen molar-refractivity contribution in [2.75, 3.05) is 32.8 Å². The number of hydrogen-bond acceptors (Lipinski definition) is 3. The minimum absolute atomic E-state index is 0. The Morgan fingerprint density at radius 2 is 1.93 bits per heavy atom. The highest BCUT2D eigenvalue weighted by Gasteiger charge is 2.40. The Labute approximate surface area is 194 Å². The first kappa shape index (κ1) is 24.4. The Kier molecular flexibility index (Phi) is 10.2. The predicted octanol–water partition coefficient (Wildman–Crippen LogP) is 3.91. The Hall–Kier alpha value is -0.860. The summed E-state index contributed by atoms with van der Waals surface area (Å²) in [5.41, 5.74) is 2.88. The van der Waals surface area contributed by atoms with Gasteiger partial charge in [-0.3, -0.25) is 4.99 Å². The van der Waals surface area contributed by atoms with Crippen molar-refractivity contribution in [3.05, 3.63) is 35.4 Å². The van der Waals surface area contributed by atoms with E-state index in [9.17, 15) is 0 Å². The first-order valence-electron chi connectivity index (χ1n) is 11.0. The van der Waals surface area contributed by atoms with Crippen molar-refractivity contribution in [1.29, 1.82) is 0 Å². The molecular weight excluding hydrogens is 475 g/mol. The maximum absolute atomic E-state index is 5.69. The van der Waals surface area contributed by atoms with Crippen LogP contribution >= 0.6 is 24.0 Å². The molecule has 1 aromatic carbocycles. The molecule has 0 spiro atoms. The van der Waals surface area contributed by atoms with Crippen LogP contribution in [0.5, 0.6) is 0 Å². The van der Waals surface area contributed by atoms with Crippen molar-refractivity contribution in [2.24, 2.45) is 4.99 Å². The predicted molar refractivity (Wildman–Crippen MR) is 133 cm³/mol. The summed E-state index contributed by atoms with van der Waals surface area (Å²) >= 11 is 0. The lowest BCUT2D eigenvalue weighted by Crippen LogP contribution is -2.49. The van der Waals surface area contributed by atoms with Crippen molar-refractivity contribution in [3.8, 4) is 0 Å². The van der Waals surface area contributed by atoms with E-state index in [1.54, 1.807) is 0 Å². The molecule has 2 fully saturated rings. The highest BCUT2D eigenvalue weighted by Crippen LogP contribution is 2.42. The number of nitrogens with one attached hydrogen (secondary N) is 2. The number of hydrogen-bond donors (Lipinski definition) is 2. The van der Waals surface area contributed by atoms with Crippen LogP contribution in [0.4, 0.5) is 0 Å². The molecule has 1 heterocycles. The smallest absolute Gasteiger partial charge is 0.191 e. The monoisotopic (exact) mass is 514 g/mol. The van der Waals surface area contributed by atoms with Gasteiger partial charge in [0.25, 0.3) is 0 Å². The molecule has 0 aromatic heterocycles. The minimum atomic E-state index is 0. The molecule has 1 saturated heterocycles. The number of rotatable bonds is 8. The zero-order chi connectivity index (χ0) is 19.9. The number of guanidine groups is 1. The van der Waals surface area contributed by atoms with E-state index in [0.29, 0.717) is 24.1 Å². The highest BCUT2D eigenvalue weighted by molar-refractivity contribution is 14.0. The third kappa shape index (κ3) is 7.72. The fourth-order valence-electron chi connectivity index (χ4n) is 4.08. The lowest BCUT2D eigenvalue weighted by atomic mass is 10.0. The number of likely N-dealkylation sites (tertiary alicyclic amines) is 1. The van der Waals surface area contributed by atoms with E-state index < -0.39 is 0 Å². The largest absolute Gasteiger partial charge is 0.377 e. The second kappa shape index (κ2) is 12.1. The molecule has 2 N–H and O–H groups in total. The average molecular weight is 514 g/mol. The van der Waals surface area contributed by atoms with Gasteiger partial charge in [-0.25, -0.2) is 0 Å². The number of benzene rings is 1. The van der Waals surface area contributed by atoms with Gasteiger partial charge in [-0.15, -0.1) is 24.0 Å². The molecule has 29 heavy (non-hydrogen) atoms. The lowest BCUT2D eigenvalue weighted by Gasteiger charge is -2.33. The fraction of sp³-hybridized carbons (Fsp3) is 0.696. The summed E-state index contributed by atoms with van der Waals surface area (Å²) in [6.07, 6.45) is 3.85. The molecule has 2 atom stereocenters. The van der Waals surface area contributed by atoms with Crippen molar-refractivity contribution < 1.29 is 4.74 Å². The number of piperidine rings is 1. The minimum Gasteiger partial charge on any atom is -0.377 e. The van der Waals surface area contributed by atoms with E-state index in [2.05, 4.69) is 67.5 Å². The van der Waals surface area contributed by atoms with Gasteiger partial charge in [-0.05, 0) is 58.1 Å². The third-order valence-corrected chi connectivity index (χ3v) is 5.80. The van der Waals surface area contributed by atoms with Crippen LogP contribution in [0.1, 0.15) is 57.1 Å². The van der Waals surface area contributed by atoms with Crippen molar-refractivity contribution in [1.82, 2.24) is 15.5 Å². The van der Waals surface area contributed by atoms with Gasteiger partial charge in [0.2, 0.25) is 0 Å². The zero-order valence-electron chi connectivity index (χ0n) is 18.5. The van der Waals surface area contributed by atoms with Crippen LogP contribution in [0.3, 0.4) is 0 Å². The summed E-state index contributed by atoms with van der Waals surface area (Å²) in [6.45, 7) is 13.5. The van der Waals surface area contributed by atoms with Gasteiger partial charge in [0.1, 0.15) is 0 Å². The van der Waals surface area contributed by atoms with Crippen LogP contribution in [0, 0.1) is 6.92 Å². The Bertz CT molecular complexity index is 644. The van der Waals surface area contributed by atoms with Gasteiger partial charge in [0, 0.05) is 44.2 Å². The normalized spacial score (nSPS) is 23.0. The van der Waals surface area contributed by atoms with E-state index in [4.69, 9.17) is 9.73 Å². The van der Waals surface area contributed by atoms with Gasteiger partial charge in [-0.1, -0.05) is 24.3 Å². The molecule has 2 unspecified atom stereocenters. The van der Waals surface area contributed by atoms with Crippen molar-refractivity contribution in [2.45, 2.75) is 71.1 Å². The summed E-state index contributed by atoms with van der Waals surface area (Å²) in [7, 11) is 0. The third-order valence-electron chi connectivity index (χ3n) is 5.80. The van der Waals surface area contributed by atoms with Crippen molar-refractivity contribution >= 4 is 29.9 Å². The standard InChI is InChI=1S/C23H38N4O.HI/c1-5-24-23(26-22-16-21(22)20-9-7-6-8-18(20)4)25-19-10-12-27(13-11-19)14-15-28-17(2)3;/h6-9,17,19,21-22H,5,10-16H2,1-4H3,(H2,24,25,26);1H. The van der Waals surface area contributed by atoms with E-state index in [1.165, 1.54) is 17.5 Å². The number of halogens is 1. The maximum atomic E-state index is 5.69. The summed E-state index contributed by atoms with van der Waals surface area (Å²) in [5.74, 6) is 1.61. The second-order valence-electron chi connectivity index (χ2n) is 8.45. The lowest BCUT2D eigenvalue weighted by molar-refractivity contribution is 0.0532. The van der Waals surface area contributed by atoms with Gasteiger partial charge >= 0.3 is 0 Å². The first-order chi connectivity index (χ1) is 13.6. The highest BCUT2D eigenvalue weighted by atomic mass is 127. The number of nitrogens with zero attached hydrogens (tertiary/aromatic N) is 2. The van der Waals surface area contributed by atoms with E-state index in [0.717, 1.165) is 51.6 Å². The molecule has 164 valence electrons. The van der Waals surface area contributed by atoms with Crippen LogP contribution in [-0.2, 0) is 4.74 Å². The summed E-state index contributed by atoms with van der Waals surface area (Å²) in [5, 5.41) is 7.37. The summed E-state index contributed by atoms with van der Waals surface area (Å²) < 4.78 is 5.69. The molecule has 1 aliphatic carbocycles. The molecular formula is C23H39IN4O. The first-order valence-corrected chi connectivity index (χ1v) is 11.0. The van der Waals surface area contributed by atoms with Gasteiger partial charge in [-0.2, -0.15) is 0 Å². The molecule has 6 heteroatoms. The quantitative estimate of drug-likeness (QED) is 0.314. The van der Waals surface area contributed by atoms with Crippen LogP contribution in [0.2, 0.25) is 0 Å². The molecule has 1 aliphatic heterocycles. The Morgan fingerprint density at radius 3 is 2.59 bits per heavy atom. The van der Waals surface area contributed by atoms with Crippen LogP contribution in [0.25, 0.3) is 0 Å². The molecule has 3 rings (SSSR count). The Morgan fingerprint density at radius 1 is 1.21 bits per heavy atom. The Balaban J connectivity index is 0.00000300. The van der Waals surface area contributed by atoms with Gasteiger partial charge in [0.05, 0.1) is 12.7 Å². The summed E-state index contributed by atoms with van der Waals surface area (Å²) in [6, 6.07) is 9.77. The number of aryl methyl sites for hydroxylation is 1. The number of aliphatic imine (C=N–C) groups is 1. The molecule has 5 nitrogen and oxygen atoms in total. The van der Waals surface area contributed by atoms with E-state index in [-0.39, 0.29) is 24.0 Å². The molecule has 0 amide bonds. The molecule has 1 saturated carbocycles. The zero-order valence-corrected chi connectivity index (χ0v) is 20.8. The van der Waals surface area contributed by atoms with Crippen LogP contribution in [0.15, 0.2) is 29.3 Å². The number of ether oxygens (including phenoxy) is 1. The average Bonchev–Trinajstić information content (AvgIpc) is 3.42. The molecule has 2 aliphatic rings. The van der Waals surface area contributed by atoms with Gasteiger partial charge in [0.15, 0.2) is 5.96 Å².